The lowest BCUT2D eigenvalue weighted by atomic mass is 10.00. The number of hydrogen-bond donors (Lipinski definition) is 0. The number of aromatic nitrogens is 1. The first kappa shape index (κ1) is 12.9. The van der Waals surface area contributed by atoms with Gasteiger partial charge in [-0.3, -0.25) is 4.98 Å². The van der Waals surface area contributed by atoms with Gasteiger partial charge in [0.1, 0.15) is 0 Å². The Bertz CT molecular complexity index is 843. The minimum absolute atomic E-state index is 0.374. The summed E-state index contributed by atoms with van der Waals surface area (Å²) in [5, 5.41) is 3.18. The molecule has 0 N–H and O–H groups in total. The molecule has 0 aliphatic carbocycles. The monoisotopic (exact) mass is 285 g/mol. The van der Waals surface area contributed by atoms with Crippen LogP contribution in [0.1, 0.15) is 15.9 Å². The van der Waals surface area contributed by atoms with Crippen molar-refractivity contribution in [3.63, 3.8) is 0 Å². The van der Waals surface area contributed by atoms with Gasteiger partial charge in [0.25, 0.3) is 0 Å². The third kappa shape index (κ3) is 1.82. The fraction of sp³-hybridized carbons (Fsp3) is 0.125. The first-order chi connectivity index (χ1) is 9.63. The molecule has 100 valence electrons. The van der Waals surface area contributed by atoms with Crippen LogP contribution in [0.25, 0.3) is 21.7 Å². The lowest BCUT2D eigenvalue weighted by Gasteiger charge is -2.11. The molecule has 0 radical (unpaired) electrons. The lowest BCUT2D eigenvalue weighted by Crippen LogP contribution is -2.05. The molecule has 0 aliphatic heterocycles. The Morgan fingerprint density at radius 1 is 1.20 bits per heavy atom. The van der Waals surface area contributed by atoms with Crippen molar-refractivity contribution in [2.24, 2.45) is 0 Å². The summed E-state index contributed by atoms with van der Waals surface area (Å²) in [4.78, 5) is 16.5. The number of nitrogens with zero attached hydrogens (tertiary/aromatic N) is 1. The molecule has 20 heavy (non-hydrogen) atoms. The van der Waals surface area contributed by atoms with E-state index in [4.69, 9.17) is 16.3 Å². The van der Waals surface area contributed by atoms with Gasteiger partial charge in [0.15, 0.2) is 0 Å². The Labute approximate surface area is 121 Å². The third-order valence-corrected chi connectivity index (χ3v) is 3.72. The molecule has 0 spiro atoms. The van der Waals surface area contributed by atoms with Crippen molar-refractivity contribution in [1.82, 2.24) is 4.98 Å². The molecule has 3 nitrogen and oxygen atoms in total. The molecule has 0 fully saturated rings. The molecule has 0 saturated carbocycles. The van der Waals surface area contributed by atoms with Crippen LogP contribution in [0.4, 0.5) is 0 Å². The van der Waals surface area contributed by atoms with E-state index in [9.17, 15) is 4.79 Å². The van der Waals surface area contributed by atoms with Crippen LogP contribution in [-0.2, 0) is 4.74 Å². The maximum absolute atomic E-state index is 12.0. The second-order valence-corrected chi connectivity index (χ2v) is 5.02. The maximum atomic E-state index is 12.0. The molecule has 2 aromatic carbocycles. The van der Waals surface area contributed by atoms with Gasteiger partial charge < -0.3 is 4.74 Å². The smallest absolute Gasteiger partial charge is 0.338 e. The number of ether oxygens (including phenoxy) is 1. The predicted molar refractivity (Wildman–Crippen MR) is 80.3 cm³/mol. The third-order valence-electron chi connectivity index (χ3n) is 3.41. The van der Waals surface area contributed by atoms with Crippen LogP contribution in [0.5, 0.6) is 0 Å². The largest absolute Gasteiger partial charge is 0.465 e. The summed E-state index contributed by atoms with van der Waals surface area (Å²) < 4.78 is 4.87. The lowest BCUT2D eigenvalue weighted by molar-refractivity contribution is 0.0602. The number of pyridine rings is 1. The highest BCUT2D eigenvalue weighted by molar-refractivity contribution is 6.37. The molecular weight excluding hydrogens is 274 g/mol. The number of carbonyl (C=O) groups excluding carboxylic acids is 1. The Kier molecular flexibility index (Phi) is 3.07. The van der Waals surface area contributed by atoms with E-state index in [0.717, 1.165) is 27.2 Å². The van der Waals surface area contributed by atoms with Crippen molar-refractivity contribution in [3.05, 3.63) is 52.7 Å². The molecule has 3 aromatic rings. The van der Waals surface area contributed by atoms with Crippen LogP contribution in [0.2, 0.25) is 5.02 Å². The average molecular weight is 286 g/mol. The molecule has 0 saturated heterocycles. The molecule has 1 aromatic heterocycles. The minimum atomic E-state index is -0.374. The highest BCUT2D eigenvalue weighted by atomic mass is 35.5. The van der Waals surface area contributed by atoms with Crippen molar-refractivity contribution >= 4 is 39.2 Å². The number of esters is 1. The van der Waals surface area contributed by atoms with Crippen LogP contribution >= 0.6 is 11.6 Å². The molecular formula is C16H12ClNO2. The molecule has 4 heteroatoms. The van der Waals surface area contributed by atoms with Crippen molar-refractivity contribution in [1.29, 1.82) is 0 Å². The summed E-state index contributed by atoms with van der Waals surface area (Å²) in [6, 6.07) is 9.53. The summed E-state index contributed by atoms with van der Waals surface area (Å²) >= 11 is 6.33. The minimum Gasteiger partial charge on any atom is -0.465 e. The van der Waals surface area contributed by atoms with Crippen LogP contribution in [0, 0.1) is 6.92 Å². The zero-order valence-corrected chi connectivity index (χ0v) is 11.9. The van der Waals surface area contributed by atoms with Crippen molar-refractivity contribution in [2.75, 3.05) is 7.11 Å². The van der Waals surface area contributed by atoms with E-state index in [0.29, 0.717) is 10.6 Å². The van der Waals surface area contributed by atoms with Gasteiger partial charge in [0.2, 0.25) is 0 Å². The van der Waals surface area contributed by atoms with E-state index in [-0.39, 0.29) is 5.97 Å². The average Bonchev–Trinajstić information content (AvgIpc) is 2.47. The molecule has 1 heterocycles. The molecule has 0 unspecified atom stereocenters. The normalized spacial score (nSPS) is 10.9. The van der Waals surface area contributed by atoms with Gasteiger partial charge in [-0.05, 0) is 18.6 Å². The number of carbonyl (C=O) groups is 1. The van der Waals surface area contributed by atoms with E-state index in [1.165, 1.54) is 7.11 Å². The van der Waals surface area contributed by atoms with Crippen LogP contribution in [-0.4, -0.2) is 18.1 Å². The maximum Gasteiger partial charge on any atom is 0.338 e. The highest BCUT2D eigenvalue weighted by Gasteiger charge is 2.17. The van der Waals surface area contributed by atoms with Gasteiger partial charge in [0.05, 0.1) is 18.2 Å². The fourth-order valence-electron chi connectivity index (χ4n) is 2.46. The second kappa shape index (κ2) is 4.76. The van der Waals surface area contributed by atoms with Gasteiger partial charge in [0, 0.05) is 27.4 Å². The number of methoxy groups -OCH3 is 1. The summed E-state index contributed by atoms with van der Waals surface area (Å²) in [6.07, 6.45) is 1.69. The Morgan fingerprint density at radius 2 is 1.90 bits per heavy atom. The molecule has 0 amide bonds. The number of hydrogen-bond acceptors (Lipinski definition) is 3. The fourth-order valence-corrected chi connectivity index (χ4v) is 2.73. The van der Waals surface area contributed by atoms with Gasteiger partial charge in [-0.1, -0.05) is 35.9 Å². The molecule has 0 atom stereocenters. The van der Waals surface area contributed by atoms with Gasteiger partial charge in [-0.25, -0.2) is 4.79 Å². The summed E-state index contributed by atoms with van der Waals surface area (Å²) in [5.74, 6) is -0.374. The molecule has 0 bridgehead atoms. The number of benzene rings is 2. The van der Waals surface area contributed by atoms with Gasteiger partial charge in [-0.15, -0.1) is 0 Å². The standard InChI is InChI=1S/C16H12ClNO2/c1-9-8-18-15-11-6-4-3-5-10(11)13(17)7-12(15)14(9)16(19)20-2/h3-8H,1-2H3. The number of fused-ring (bicyclic) bond motifs is 3. The first-order valence-corrected chi connectivity index (χ1v) is 6.56. The van der Waals surface area contributed by atoms with Gasteiger partial charge in [-0.2, -0.15) is 0 Å². The van der Waals surface area contributed by atoms with E-state index in [1.807, 2.05) is 31.2 Å². The quantitative estimate of drug-likeness (QED) is 0.498. The zero-order valence-electron chi connectivity index (χ0n) is 11.1. The van der Waals surface area contributed by atoms with Crippen LogP contribution < -0.4 is 0 Å². The van der Waals surface area contributed by atoms with E-state index in [1.54, 1.807) is 12.3 Å². The van der Waals surface area contributed by atoms with Crippen molar-refractivity contribution in [3.8, 4) is 0 Å². The Hall–Kier alpha value is -2.13. The van der Waals surface area contributed by atoms with Crippen molar-refractivity contribution < 1.29 is 9.53 Å². The SMILES string of the molecule is COC(=O)c1c(C)cnc2c1cc(Cl)c1ccccc12. The van der Waals surface area contributed by atoms with E-state index < -0.39 is 0 Å². The second-order valence-electron chi connectivity index (χ2n) is 4.61. The van der Waals surface area contributed by atoms with Crippen LogP contribution in [0.15, 0.2) is 36.5 Å². The molecule has 3 rings (SSSR count). The number of aryl methyl sites for hydroxylation is 1. The van der Waals surface area contributed by atoms with E-state index in [2.05, 4.69) is 4.98 Å². The van der Waals surface area contributed by atoms with Crippen molar-refractivity contribution in [2.45, 2.75) is 6.92 Å². The summed E-state index contributed by atoms with van der Waals surface area (Å²) in [6.45, 7) is 1.84. The molecule has 0 aliphatic rings. The van der Waals surface area contributed by atoms with Crippen LogP contribution in [0.3, 0.4) is 0 Å². The number of rotatable bonds is 1. The number of halogens is 1. The van der Waals surface area contributed by atoms with E-state index >= 15 is 0 Å². The summed E-state index contributed by atoms with van der Waals surface area (Å²) in [7, 11) is 1.37. The topological polar surface area (TPSA) is 39.2 Å². The predicted octanol–water partition coefficient (Wildman–Crippen LogP) is 4.14. The first-order valence-electron chi connectivity index (χ1n) is 6.18. The summed E-state index contributed by atoms with van der Waals surface area (Å²) in [5.41, 5.74) is 2.05. The van der Waals surface area contributed by atoms with Gasteiger partial charge >= 0.3 is 5.97 Å². The Balaban J connectivity index is 2.53. The highest BCUT2D eigenvalue weighted by Crippen LogP contribution is 2.33. The zero-order chi connectivity index (χ0) is 14.3. The Morgan fingerprint density at radius 3 is 2.60 bits per heavy atom.